The van der Waals surface area contributed by atoms with Gasteiger partial charge in [-0.05, 0) is 31.0 Å². The van der Waals surface area contributed by atoms with E-state index >= 15 is 0 Å². The van der Waals surface area contributed by atoms with Gasteiger partial charge in [-0.2, -0.15) is 0 Å². The van der Waals surface area contributed by atoms with Crippen LogP contribution in [-0.4, -0.2) is 25.7 Å². The summed E-state index contributed by atoms with van der Waals surface area (Å²) < 4.78 is 0. The molecule has 14 heavy (non-hydrogen) atoms. The SMILES string of the molecule is c1ccc2c(c1)CC1CCNCCN21. The van der Waals surface area contributed by atoms with Crippen LogP contribution in [0.5, 0.6) is 0 Å². The highest BCUT2D eigenvalue weighted by atomic mass is 15.2. The minimum atomic E-state index is 0.752. The van der Waals surface area contributed by atoms with Gasteiger partial charge >= 0.3 is 0 Å². The second-order valence-electron chi connectivity index (χ2n) is 4.22. The molecular weight excluding hydrogens is 172 g/mol. The van der Waals surface area contributed by atoms with Crippen molar-refractivity contribution in [3.8, 4) is 0 Å². The molecule has 2 heterocycles. The number of rotatable bonds is 0. The quantitative estimate of drug-likeness (QED) is 0.662. The van der Waals surface area contributed by atoms with Crippen molar-refractivity contribution in [1.82, 2.24) is 5.32 Å². The number of nitrogens with zero attached hydrogens (tertiary/aromatic N) is 1. The van der Waals surface area contributed by atoms with Gasteiger partial charge in [0.15, 0.2) is 0 Å². The van der Waals surface area contributed by atoms with Crippen LogP contribution in [0.15, 0.2) is 24.3 Å². The summed E-state index contributed by atoms with van der Waals surface area (Å²) in [5, 5.41) is 3.46. The van der Waals surface area contributed by atoms with E-state index in [4.69, 9.17) is 0 Å². The Morgan fingerprint density at radius 2 is 2.14 bits per heavy atom. The van der Waals surface area contributed by atoms with Crippen molar-refractivity contribution in [1.29, 1.82) is 0 Å². The molecule has 74 valence electrons. The molecule has 1 atom stereocenters. The smallest absolute Gasteiger partial charge is 0.0402 e. The molecule has 0 aromatic heterocycles. The maximum absolute atomic E-state index is 3.46. The summed E-state index contributed by atoms with van der Waals surface area (Å²) in [4.78, 5) is 2.58. The topological polar surface area (TPSA) is 15.3 Å². The Balaban J connectivity index is 1.96. The van der Waals surface area contributed by atoms with Crippen LogP contribution in [-0.2, 0) is 6.42 Å². The standard InChI is InChI=1S/C12H16N2/c1-2-4-12-10(3-1)9-11-5-6-13-7-8-14(11)12/h1-4,11,13H,5-9H2. The Labute approximate surface area is 84.9 Å². The zero-order valence-corrected chi connectivity index (χ0v) is 8.37. The highest BCUT2D eigenvalue weighted by molar-refractivity contribution is 5.59. The minimum Gasteiger partial charge on any atom is -0.367 e. The average Bonchev–Trinajstić information content (AvgIpc) is 2.42. The summed E-state index contributed by atoms with van der Waals surface area (Å²) in [5.74, 6) is 0. The van der Waals surface area contributed by atoms with E-state index in [9.17, 15) is 0 Å². The Kier molecular flexibility index (Phi) is 1.95. The lowest BCUT2D eigenvalue weighted by Crippen LogP contribution is -2.32. The Morgan fingerprint density at radius 3 is 3.14 bits per heavy atom. The van der Waals surface area contributed by atoms with Gasteiger partial charge in [0.25, 0.3) is 0 Å². The highest BCUT2D eigenvalue weighted by Gasteiger charge is 2.29. The Hall–Kier alpha value is -1.02. The van der Waals surface area contributed by atoms with E-state index in [0.717, 1.165) is 12.6 Å². The predicted octanol–water partition coefficient (Wildman–Crippen LogP) is 1.41. The fourth-order valence-electron chi connectivity index (χ4n) is 2.68. The summed E-state index contributed by atoms with van der Waals surface area (Å²) in [5.41, 5.74) is 3.01. The lowest BCUT2D eigenvalue weighted by atomic mass is 10.1. The summed E-state index contributed by atoms with van der Waals surface area (Å²) in [6, 6.07) is 9.60. The molecule has 2 nitrogen and oxygen atoms in total. The first-order chi connectivity index (χ1) is 6.95. The summed E-state index contributed by atoms with van der Waals surface area (Å²) in [6.07, 6.45) is 2.53. The maximum Gasteiger partial charge on any atom is 0.0402 e. The largest absolute Gasteiger partial charge is 0.367 e. The molecule has 1 saturated heterocycles. The molecule has 0 radical (unpaired) electrons. The number of hydrogen-bond acceptors (Lipinski definition) is 2. The summed E-state index contributed by atoms with van der Waals surface area (Å²) in [6.45, 7) is 3.47. The van der Waals surface area contributed by atoms with E-state index in [1.807, 2.05) is 0 Å². The number of benzene rings is 1. The molecule has 2 heteroatoms. The number of hydrogen-bond donors (Lipinski definition) is 1. The fraction of sp³-hybridized carbons (Fsp3) is 0.500. The number of fused-ring (bicyclic) bond motifs is 3. The van der Waals surface area contributed by atoms with Gasteiger partial charge in [-0.3, -0.25) is 0 Å². The second kappa shape index (κ2) is 3.28. The average molecular weight is 188 g/mol. The van der Waals surface area contributed by atoms with Crippen LogP contribution in [0.25, 0.3) is 0 Å². The van der Waals surface area contributed by atoms with Crippen molar-refractivity contribution < 1.29 is 0 Å². The molecule has 2 aliphatic heterocycles. The van der Waals surface area contributed by atoms with Crippen molar-refractivity contribution in [3.05, 3.63) is 29.8 Å². The third-order valence-corrected chi connectivity index (χ3v) is 3.38. The van der Waals surface area contributed by atoms with E-state index in [0.29, 0.717) is 0 Å². The van der Waals surface area contributed by atoms with E-state index < -0.39 is 0 Å². The number of para-hydroxylation sites is 1. The Morgan fingerprint density at radius 1 is 1.21 bits per heavy atom. The minimum absolute atomic E-state index is 0.752. The second-order valence-corrected chi connectivity index (χ2v) is 4.22. The molecular formula is C12H16N2. The molecule has 1 aromatic rings. The van der Waals surface area contributed by atoms with Crippen molar-refractivity contribution in [3.63, 3.8) is 0 Å². The van der Waals surface area contributed by atoms with Crippen molar-refractivity contribution >= 4 is 5.69 Å². The lowest BCUT2D eigenvalue weighted by Gasteiger charge is -2.24. The third kappa shape index (κ3) is 1.22. The monoisotopic (exact) mass is 188 g/mol. The van der Waals surface area contributed by atoms with Crippen molar-refractivity contribution in [2.75, 3.05) is 24.5 Å². The highest BCUT2D eigenvalue weighted by Crippen LogP contribution is 2.33. The van der Waals surface area contributed by atoms with E-state index in [2.05, 4.69) is 34.5 Å². The van der Waals surface area contributed by atoms with E-state index in [-0.39, 0.29) is 0 Å². The van der Waals surface area contributed by atoms with Gasteiger partial charge < -0.3 is 10.2 Å². The van der Waals surface area contributed by atoms with E-state index in [1.54, 1.807) is 5.56 Å². The third-order valence-electron chi connectivity index (χ3n) is 3.38. The van der Waals surface area contributed by atoms with Gasteiger partial charge in [-0.15, -0.1) is 0 Å². The van der Waals surface area contributed by atoms with Crippen LogP contribution in [0.2, 0.25) is 0 Å². The normalized spacial score (nSPS) is 25.4. The maximum atomic E-state index is 3.46. The molecule has 1 N–H and O–H groups in total. The van der Waals surface area contributed by atoms with Gasteiger partial charge in [0.05, 0.1) is 0 Å². The zero-order chi connectivity index (χ0) is 9.38. The first kappa shape index (κ1) is 8.30. The van der Waals surface area contributed by atoms with Crippen molar-refractivity contribution in [2.45, 2.75) is 18.9 Å². The van der Waals surface area contributed by atoms with Crippen LogP contribution >= 0.6 is 0 Å². The molecule has 0 aliphatic carbocycles. The zero-order valence-electron chi connectivity index (χ0n) is 8.37. The molecule has 1 aromatic carbocycles. The van der Waals surface area contributed by atoms with Crippen molar-refractivity contribution in [2.24, 2.45) is 0 Å². The van der Waals surface area contributed by atoms with Gasteiger partial charge in [-0.25, -0.2) is 0 Å². The fourth-order valence-corrected chi connectivity index (χ4v) is 2.68. The molecule has 0 bridgehead atoms. The molecule has 0 saturated carbocycles. The van der Waals surface area contributed by atoms with Crippen LogP contribution in [0.4, 0.5) is 5.69 Å². The molecule has 1 unspecified atom stereocenters. The summed E-state index contributed by atoms with van der Waals surface area (Å²) >= 11 is 0. The Bertz CT molecular complexity index is 335. The molecule has 2 aliphatic rings. The van der Waals surface area contributed by atoms with Crippen LogP contribution in [0, 0.1) is 0 Å². The van der Waals surface area contributed by atoms with Crippen LogP contribution in [0.3, 0.4) is 0 Å². The molecule has 0 amide bonds. The number of anilines is 1. The number of nitrogens with one attached hydrogen (secondary N) is 1. The van der Waals surface area contributed by atoms with E-state index in [1.165, 1.54) is 31.6 Å². The van der Waals surface area contributed by atoms with Gasteiger partial charge in [0, 0.05) is 24.8 Å². The first-order valence-corrected chi connectivity index (χ1v) is 5.50. The molecule has 3 rings (SSSR count). The van der Waals surface area contributed by atoms with Crippen LogP contribution < -0.4 is 10.2 Å². The predicted molar refractivity (Wildman–Crippen MR) is 58.8 cm³/mol. The van der Waals surface area contributed by atoms with Gasteiger partial charge in [0.1, 0.15) is 0 Å². The van der Waals surface area contributed by atoms with Gasteiger partial charge in [-0.1, -0.05) is 18.2 Å². The van der Waals surface area contributed by atoms with Crippen LogP contribution in [0.1, 0.15) is 12.0 Å². The lowest BCUT2D eigenvalue weighted by molar-refractivity contribution is 0.612. The first-order valence-electron chi connectivity index (χ1n) is 5.50. The van der Waals surface area contributed by atoms with Gasteiger partial charge in [0.2, 0.25) is 0 Å². The molecule has 1 fully saturated rings. The summed E-state index contributed by atoms with van der Waals surface area (Å²) in [7, 11) is 0. The molecule has 0 spiro atoms.